The van der Waals surface area contributed by atoms with Gasteiger partial charge in [-0.25, -0.2) is 0 Å². The molecule has 1 amide bonds. The van der Waals surface area contributed by atoms with E-state index in [1.54, 1.807) is 0 Å². The number of benzene rings is 1. The van der Waals surface area contributed by atoms with Crippen molar-refractivity contribution in [2.45, 2.75) is 19.3 Å². The van der Waals surface area contributed by atoms with Crippen LogP contribution in [0, 0.1) is 17.8 Å². The first kappa shape index (κ1) is 15.4. The first-order valence-electron chi connectivity index (χ1n) is 9.10. The van der Waals surface area contributed by atoms with Crippen LogP contribution in [0.1, 0.15) is 34.9 Å². The first-order valence-corrected chi connectivity index (χ1v) is 9.10. The molecule has 2 aliphatic carbocycles. The number of carbonyl (C=O) groups is 1. The van der Waals surface area contributed by atoms with Crippen molar-refractivity contribution in [3.63, 3.8) is 0 Å². The van der Waals surface area contributed by atoms with Crippen LogP contribution >= 0.6 is 0 Å². The van der Waals surface area contributed by atoms with Crippen LogP contribution in [0.15, 0.2) is 47.1 Å². The van der Waals surface area contributed by atoms with Gasteiger partial charge in [-0.2, -0.15) is 4.98 Å². The molecule has 1 fully saturated rings. The molecule has 2 aliphatic rings. The van der Waals surface area contributed by atoms with Crippen molar-refractivity contribution >= 4 is 16.8 Å². The average molecular weight is 348 g/mol. The number of hydrogen-bond acceptors (Lipinski definition) is 4. The Kier molecular flexibility index (Phi) is 3.62. The second-order valence-corrected chi connectivity index (χ2v) is 7.30. The van der Waals surface area contributed by atoms with E-state index < -0.39 is 0 Å². The summed E-state index contributed by atoms with van der Waals surface area (Å²) in [5.41, 5.74) is 2.16. The quantitative estimate of drug-likeness (QED) is 0.694. The molecule has 0 radical (unpaired) electrons. The third-order valence-corrected chi connectivity index (χ3v) is 5.63. The van der Waals surface area contributed by atoms with E-state index in [4.69, 9.17) is 4.52 Å². The Balaban J connectivity index is 1.23. The molecule has 2 heterocycles. The van der Waals surface area contributed by atoms with E-state index in [-0.39, 0.29) is 11.8 Å². The molecule has 2 aromatic heterocycles. The summed E-state index contributed by atoms with van der Waals surface area (Å²) in [5, 5.41) is 8.05. The molecule has 26 heavy (non-hydrogen) atoms. The first-order chi connectivity index (χ1) is 12.8. The predicted octanol–water partition coefficient (Wildman–Crippen LogP) is 3.08. The molecule has 6 nitrogen and oxygen atoms in total. The summed E-state index contributed by atoms with van der Waals surface area (Å²) in [5.74, 6) is 2.12. The molecule has 1 aromatic carbocycles. The molecule has 6 heteroatoms. The van der Waals surface area contributed by atoms with Crippen LogP contribution in [0.25, 0.3) is 10.9 Å². The van der Waals surface area contributed by atoms with Gasteiger partial charge >= 0.3 is 11.8 Å². The Labute approximate surface area is 150 Å². The number of aromatic amines is 1. The Bertz CT molecular complexity index is 987. The molecular formula is C20H20N4O2. The number of carbonyl (C=O) groups excluding carboxylic acids is 1. The van der Waals surface area contributed by atoms with Crippen LogP contribution in [-0.4, -0.2) is 27.6 Å². The zero-order valence-corrected chi connectivity index (χ0v) is 14.3. The van der Waals surface area contributed by atoms with Gasteiger partial charge in [0.25, 0.3) is 0 Å². The standard InChI is InChI=1S/C20H20N4O2/c25-19(22-10-14-8-12-5-6-13(14)7-12)20-23-18(24-26-20)9-15-11-21-17-4-2-1-3-16(15)17/h1-6,11-14,21H,7-10H2,(H,22,25)/t12-,13+,14-/m1/s1. The van der Waals surface area contributed by atoms with Crippen molar-refractivity contribution in [2.75, 3.05) is 6.54 Å². The lowest BCUT2D eigenvalue weighted by Gasteiger charge is -2.17. The molecule has 1 saturated carbocycles. The highest BCUT2D eigenvalue weighted by Gasteiger charge is 2.35. The van der Waals surface area contributed by atoms with Crippen LogP contribution in [0.2, 0.25) is 0 Å². The Morgan fingerprint density at radius 1 is 1.27 bits per heavy atom. The SMILES string of the molecule is O=C(NC[C@H]1C[C@@H]2C=C[C@H]1C2)c1nc(Cc2c[nH]c3ccccc23)no1. The van der Waals surface area contributed by atoms with Gasteiger partial charge in [0.15, 0.2) is 5.82 Å². The van der Waals surface area contributed by atoms with Crippen LogP contribution in [-0.2, 0) is 6.42 Å². The van der Waals surface area contributed by atoms with E-state index in [2.05, 4.69) is 38.7 Å². The number of rotatable bonds is 5. The van der Waals surface area contributed by atoms with Gasteiger partial charge in [0, 0.05) is 30.1 Å². The number of allylic oxidation sites excluding steroid dienone is 2. The smallest absolute Gasteiger partial charge is 0.315 e. The fraction of sp³-hybridized carbons (Fsp3) is 0.350. The lowest BCUT2D eigenvalue weighted by Crippen LogP contribution is -2.31. The molecule has 0 saturated heterocycles. The molecule has 0 unspecified atom stereocenters. The minimum absolute atomic E-state index is 0.0403. The van der Waals surface area contributed by atoms with Crippen molar-refractivity contribution in [3.05, 3.63) is 59.9 Å². The summed E-state index contributed by atoms with van der Waals surface area (Å²) in [6.45, 7) is 0.671. The Morgan fingerprint density at radius 3 is 3.04 bits per heavy atom. The van der Waals surface area contributed by atoms with Crippen molar-refractivity contribution in [1.29, 1.82) is 0 Å². The maximum atomic E-state index is 12.3. The molecule has 132 valence electrons. The minimum atomic E-state index is -0.283. The van der Waals surface area contributed by atoms with Crippen LogP contribution in [0.3, 0.4) is 0 Å². The topological polar surface area (TPSA) is 83.8 Å². The van der Waals surface area contributed by atoms with Gasteiger partial charge < -0.3 is 14.8 Å². The molecule has 2 N–H and O–H groups in total. The lowest BCUT2D eigenvalue weighted by molar-refractivity contribution is 0.0901. The van der Waals surface area contributed by atoms with Gasteiger partial charge in [0.2, 0.25) is 0 Å². The maximum absolute atomic E-state index is 12.3. The number of nitrogens with one attached hydrogen (secondary N) is 2. The van der Waals surface area contributed by atoms with Crippen molar-refractivity contribution in [2.24, 2.45) is 17.8 Å². The number of nitrogens with zero attached hydrogens (tertiary/aromatic N) is 2. The van der Waals surface area contributed by atoms with E-state index in [0.717, 1.165) is 22.9 Å². The lowest BCUT2D eigenvalue weighted by atomic mass is 9.94. The fourth-order valence-corrected chi connectivity index (χ4v) is 4.29. The fourth-order valence-electron chi connectivity index (χ4n) is 4.29. The zero-order chi connectivity index (χ0) is 17.5. The van der Waals surface area contributed by atoms with Crippen molar-refractivity contribution < 1.29 is 9.32 Å². The Morgan fingerprint density at radius 2 is 2.19 bits per heavy atom. The average Bonchev–Trinajstić information content (AvgIpc) is 3.44. The molecule has 3 aromatic rings. The van der Waals surface area contributed by atoms with E-state index >= 15 is 0 Å². The van der Waals surface area contributed by atoms with Crippen molar-refractivity contribution in [3.8, 4) is 0 Å². The number of para-hydroxylation sites is 1. The molecule has 5 rings (SSSR count). The highest BCUT2D eigenvalue weighted by molar-refractivity contribution is 5.89. The van der Waals surface area contributed by atoms with E-state index in [9.17, 15) is 4.79 Å². The monoisotopic (exact) mass is 348 g/mol. The van der Waals surface area contributed by atoms with Gasteiger partial charge in [0.05, 0.1) is 0 Å². The number of H-pyrrole nitrogens is 1. The molecular weight excluding hydrogens is 328 g/mol. The van der Waals surface area contributed by atoms with Crippen LogP contribution in [0.5, 0.6) is 0 Å². The van der Waals surface area contributed by atoms with E-state index in [1.165, 1.54) is 6.42 Å². The summed E-state index contributed by atoms with van der Waals surface area (Å²) in [6.07, 6.45) is 9.46. The summed E-state index contributed by atoms with van der Waals surface area (Å²) in [4.78, 5) is 19.8. The summed E-state index contributed by atoms with van der Waals surface area (Å²) in [6, 6.07) is 8.07. The minimum Gasteiger partial charge on any atom is -0.361 e. The van der Waals surface area contributed by atoms with Crippen molar-refractivity contribution in [1.82, 2.24) is 20.4 Å². The normalized spacial score (nSPS) is 23.8. The highest BCUT2D eigenvalue weighted by Crippen LogP contribution is 2.42. The zero-order valence-electron chi connectivity index (χ0n) is 14.3. The van der Waals surface area contributed by atoms with Crippen LogP contribution in [0.4, 0.5) is 0 Å². The number of hydrogen-bond donors (Lipinski definition) is 2. The maximum Gasteiger partial charge on any atom is 0.315 e. The third kappa shape index (κ3) is 2.71. The van der Waals surface area contributed by atoms with Gasteiger partial charge in [-0.15, -0.1) is 0 Å². The molecule has 0 spiro atoms. The summed E-state index contributed by atoms with van der Waals surface area (Å²) in [7, 11) is 0. The third-order valence-electron chi connectivity index (χ3n) is 5.63. The predicted molar refractivity (Wildman–Crippen MR) is 96.6 cm³/mol. The Hall–Kier alpha value is -2.89. The largest absolute Gasteiger partial charge is 0.361 e. The molecule has 0 aliphatic heterocycles. The van der Waals surface area contributed by atoms with Gasteiger partial charge in [-0.1, -0.05) is 35.5 Å². The van der Waals surface area contributed by atoms with Gasteiger partial charge in [-0.05, 0) is 42.2 Å². The molecule has 2 bridgehead atoms. The number of fused-ring (bicyclic) bond motifs is 3. The highest BCUT2D eigenvalue weighted by atomic mass is 16.5. The van der Waals surface area contributed by atoms with Gasteiger partial charge in [0.1, 0.15) is 0 Å². The molecule has 3 atom stereocenters. The van der Waals surface area contributed by atoms with Crippen LogP contribution < -0.4 is 5.32 Å². The van der Waals surface area contributed by atoms with Gasteiger partial charge in [-0.3, -0.25) is 4.79 Å². The number of aromatic nitrogens is 3. The number of amides is 1. The van der Waals surface area contributed by atoms with E-state index in [1.807, 2.05) is 24.4 Å². The second kappa shape index (κ2) is 6.12. The summed E-state index contributed by atoms with van der Waals surface area (Å²) >= 11 is 0. The second-order valence-electron chi connectivity index (χ2n) is 7.30. The summed E-state index contributed by atoms with van der Waals surface area (Å²) < 4.78 is 5.17. The van der Waals surface area contributed by atoms with E-state index in [0.29, 0.717) is 36.5 Å².